The van der Waals surface area contributed by atoms with Crippen molar-refractivity contribution < 1.29 is 18.5 Å². The van der Waals surface area contributed by atoms with Gasteiger partial charge >= 0.3 is 0 Å². The van der Waals surface area contributed by atoms with Crippen LogP contribution < -0.4 is 5.32 Å². The van der Waals surface area contributed by atoms with Gasteiger partial charge in [-0.25, -0.2) is 13.8 Å². The lowest BCUT2D eigenvalue weighted by Gasteiger charge is -2.01. The topological polar surface area (TPSA) is 85.1 Å². The van der Waals surface area contributed by atoms with Crippen LogP contribution in [-0.4, -0.2) is 15.8 Å². The van der Waals surface area contributed by atoms with Gasteiger partial charge in [0.25, 0.3) is 11.6 Å². The number of carbonyl (C=O) groups excluding carboxylic acids is 1. The van der Waals surface area contributed by atoms with Gasteiger partial charge < -0.3 is 0 Å². The number of thiazole rings is 1. The smallest absolute Gasteiger partial charge is 0.270 e. The van der Waals surface area contributed by atoms with Gasteiger partial charge in [-0.2, -0.15) is 0 Å². The van der Waals surface area contributed by atoms with Crippen LogP contribution in [-0.2, 0) is 0 Å². The molecule has 6 nitrogen and oxygen atoms in total. The van der Waals surface area contributed by atoms with Crippen molar-refractivity contribution in [1.29, 1.82) is 0 Å². The molecule has 1 heterocycles. The summed E-state index contributed by atoms with van der Waals surface area (Å²) in [5, 5.41) is 13.4. The first-order chi connectivity index (χ1) is 10.9. The molecule has 0 saturated carbocycles. The number of non-ortho nitro benzene ring substituents is 1. The Hall–Kier alpha value is -2.94. The maximum absolute atomic E-state index is 13.1. The summed E-state index contributed by atoms with van der Waals surface area (Å²) in [7, 11) is 0. The molecule has 3 rings (SSSR count). The molecule has 23 heavy (non-hydrogen) atoms. The molecule has 9 heteroatoms. The first kappa shape index (κ1) is 15.0. The van der Waals surface area contributed by atoms with E-state index in [0.29, 0.717) is 10.2 Å². The largest absolute Gasteiger partial charge is 0.298 e. The summed E-state index contributed by atoms with van der Waals surface area (Å²) < 4.78 is 26.5. The SMILES string of the molecule is O=C(Nc1nc2ccc([N+](=O)[O-])cc2s1)c1ccc(F)c(F)c1. The molecular weight excluding hydrogens is 328 g/mol. The van der Waals surface area contributed by atoms with Crippen molar-refractivity contribution in [2.45, 2.75) is 0 Å². The van der Waals surface area contributed by atoms with E-state index in [1.54, 1.807) is 0 Å². The third kappa shape index (κ3) is 2.99. The second-order valence-corrected chi connectivity index (χ2v) is 5.54. The van der Waals surface area contributed by atoms with Gasteiger partial charge in [-0.1, -0.05) is 11.3 Å². The zero-order valence-corrected chi connectivity index (χ0v) is 12.1. The molecular formula is C14H7F2N3O3S. The van der Waals surface area contributed by atoms with Crippen molar-refractivity contribution in [2.24, 2.45) is 0 Å². The molecule has 0 spiro atoms. The molecule has 3 aromatic rings. The van der Waals surface area contributed by atoms with E-state index in [2.05, 4.69) is 10.3 Å². The zero-order valence-electron chi connectivity index (χ0n) is 11.2. The average Bonchev–Trinajstić information content (AvgIpc) is 2.90. The lowest BCUT2D eigenvalue weighted by molar-refractivity contribution is -0.384. The number of aromatic nitrogens is 1. The van der Waals surface area contributed by atoms with Crippen LogP contribution in [0.5, 0.6) is 0 Å². The number of anilines is 1. The average molecular weight is 335 g/mol. The summed E-state index contributed by atoms with van der Waals surface area (Å²) in [6.07, 6.45) is 0. The number of halogens is 2. The number of hydrogen-bond acceptors (Lipinski definition) is 5. The number of hydrogen-bond donors (Lipinski definition) is 1. The molecule has 0 aliphatic rings. The van der Waals surface area contributed by atoms with E-state index in [4.69, 9.17) is 0 Å². The highest BCUT2D eigenvalue weighted by molar-refractivity contribution is 7.22. The molecule has 0 fully saturated rings. The quantitative estimate of drug-likeness (QED) is 0.584. The first-order valence-corrected chi connectivity index (χ1v) is 7.07. The standard InChI is InChI=1S/C14H7F2N3O3S/c15-9-3-1-7(5-10(9)16)13(20)18-14-17-11-4-2-8(19(21)22)6-12(11)23-14/h1-6H,(H,17,18,20). The van der Waals surface area contributed by atoms with E-state index in [-0.39, 0.29) is 16.4 Å². The normalized spacial score (nSPS) is 10.7. The Balaban J connectivity index is 1.87. The summed E-state index contributed by atoms with van der Waals surface area (Å²) in [4.78, 5) is 26.3. The molecule has 0 saturated heterocycles. The summed E-state index contributed by atoms with van der Waals surface area (Å²) >= 11 is 1.04. The van der Waals surface area contributed by atoms with Crippen LogP contribution in [0, 0.1) is 21.7 Å². The van der Waals surface area contributed by atoms with Crippen LogP contribution in [0.2, 0.25) is 0 Å². The van der Waals surface area contributed by atoms with Crippen LogP contribution >= 0.6 is 11.3 Å². The fourth-order valence-electron chi connectivity index (χ4n) is 1.89. The minimum atomic E-state index is -1.13. The van der Waals surface area contributed by atoms with E-state index in [1.165, 1.54) is 18.2 Å². The Kier molecular flexibility index (Phi) is 3.70. The summed E-state index contributed by atoms with van der Waals surface area (Å²) in [5.41, 5.74) is 0.343. The van der Waals surface area contributed by atoms with Crippen molar-refractivity contribution >= 4 is 38.3 Å². The minimum absolute atomic E-state index is 0.0610. The molecule has 1 amide bonds. The van der Waals surface area contributed by atoms with Crippen molar-refractivity contribution in [2.75, 3.05) is 5.32 Å². The molecule has 1 aromatic heterocycles. The van der Waals surface area contributed by atoms with Crippen LogP contribution in [0.4, 0.5) is 19.6 Å². The Morgan fingerprint density at radius 1 is 1.17 bits per heavy atom. The highest BCUT2D eigenvalue weighted by Crippen LogP contribution is 2.29. The van der Waals surface area contributed by atoms with Crippen LogP contribution in [0.25, 0.3) is 10.2 Å². The fourth-order valence-corrected chi connectivity index (χ4v) is 2.78. The molecule has 0 aliphatic carbocycles. The third-order valence-corrected chi connectivity index (χ3v) is 3.92. The van der Waals surface area contributed by atoms with Crippen molar-refractivity contribution in [3.8, 4) is 0 Å². The van der Waals surface area contributed by atoms with Crippen molar-refractivity contribution in [1.82, 2.24) is 4.98 Å². The number of benzene rings is 2. The third-order valence-electron chi connectivity index (χ3n) is 2.99. The molecule has 116 valence electrons. The Labute approximate surface area is 131 Å². The van der Waals surface area contributed by atoms with E-state index >= 15 is 0 Å². The van der Waals surface area contributed by atoms with E-state index in [0.717, 1.165) is 29.5 Å². The molecule has 0 bridgehead atoms. The van der Waals surface area contributed by atoms with Crippen LogP contribution in [0.3, 0.4) is 0 Å². The number of amides is 1. The summed E-state index contributed by atoms with van der Waals surface area (Å²) in [6, 6.07) is 6.90. The van der Waals surface area contributed by atoms with E-state index < -0.39 is 22.5 Å². The predicted molar refractivity (Wildman–Crippen MR) is 80.6 cm³/mol. The number of nitro groups is 1. The van der Waals surface area contributed by atoms with E-state index in [9.17, 15) is 23.7 Å². The van der Waals surface area contributed by atoms with Gasteiger partial charge in [-0.3, -0.25) is 20.2 Å². The second kappa shape index (κ2) is 5.69. The minimum Gasteiger partial charge on any atom is -0.298 e. The van der Waals surface area contributed by atoms with Gasteiger partial charge in [0, 0.05) is 17.7 Å². The maximum atomic E-state index is 13.1. The number of nitrogens with zero attached hydrogens (tertiary/aromatic N) is 2. The predicted octanol–water partition coefficient (Wildman–Crippen LogP) is 3.74. The first-order valence-electron chi connectivity index (χ1n) is 6.25. The van der Waals surface area contributed by atoms with Gasteiger partial charge in [0.15, 0.2) is 16.8 Å². The number of fused-ring (bicyclic) bond motifs is 1. The molecule has 2 aromatic carbocycles. The Morgan fingerprint density at radius 3 is 2.65 bits per heavy atom. The monoisotopic (exact) mass is 335 g/mol. The van der Waals surface area contributed by atoms with Gasteiger partial charge in [-0.15, -0.1) is 0 Å². The Morgan fingerprint density at radius 2 is 1.96 bits per heavy atom. The number of carbonyl (C=O) groups is 1. The number of rotatable bonds is 3. The van der Waals surface area contributed by atoms with Gasteiger partial charge in [0.2, 0.25) is 0 Å². The molecule has 0 unspecified atom stereocenters. The highest BCUT2D eigenvalue weighted by atomic mass is 32.1. The van der Waals surface area contributed by atoms with Gasteiger partial charge in [0.05, 0.1) is 15.1 Å². The maximum Gasteiger partial charge on any atom is 0.270 e. The molecule has 0 aliphatic heterocycles. The van der Waals surface area contributed by atoms with Crippen molar-refractivity contribution in [3.63, 3.8) is 0 Å². The molecule has 0 atom stereocenters. The summed E-state index contributed by atoms with van der Waals surface area (Å²) in [5.74, 6) is -2.83. The Bertz CT molecular complexity index is 942. The molecule has 0 radical (unpaired) electrons. The second-order valence-electron chi connectivity index (χ2n) is 4.51. The number of nitrogens with one attached hydrogen (secondary N) is 1. The summed E-state index contributed by atoms with van der Waals surface area (Å²) in [6.45, 7) is 0. The fraction of sp³-hybridized carbons (Fsp3) is 0. The lowest BCUT2D eigenvalue weighted by atomic mass is 10.2. The van der Waals surface area contributed by atoms with Crippen LogP contribution in [0.15, 0.2) is 36.4 Å². The van der Waals surface area contributed by atoms with Crippen LogP contribution in [0.1, 0.15) is 10.4 Å². The van der Waals surface area contributed by atoms with Gasteiger partial charge in [-0.05, 0) is 24.3 Å². The highest BCUT2D eigenvalue weighted by Gasteiger charge is 2.14. The number of nitro benzene ring substituents is 1. The lowest BCUT2D eigenvalue weighted by Crippen LogP contribution is -2.12. The van der Waals surface area contributed by atoms with Gasteiger partial charge in [0.1, 0.15) is 0 Å². The molecule has 1 N–H and O–H groups in total. The van der Waals surface area contributed by atoms with Crippen molar-refractivity contribution in [3.05, 3.63) is 63.7 Å². The van der Waals surface area contributed by atoms with E-state index in [1.807, 2.05) is 0 Å². The zero-order chi connectivity index (χ0) is 16.6.